The molecule has 0 aliphatic heterocycles. The Morgan fingerprint density at radius 2 is 2.28 bits per heavy atom. The molecule has 1 heterocycles. The van der Waals surface area contributed by atoms with Crippen LogP contribution in [0.15, 0.2) is 36.4 Å². The van der Waals surface area contributed by atoms with Crippen LogP contribution in [0.1, 0.15) is 5.69 Å². The van der Waals surface area contributed by atoms with Crippen molar-refractivity contribution >= 4 is 28.8 Å². The largest absolute Gasteiger partial charge is 0.371 e. The molecule has 0 spiro atoms. The number of aryl methyl sites for hydroxylation is 1. The Morgan fingerprint density at radius 3 is 3.00 bits per heavy atom. The molecule has 2 rings (SSSR count). The summed E-state index contributed by atoms with van der Waals surface area (Å²) in [5, 5.41) is 1.84. The van der Waals surface area contributed by atoms with E-state index in [4.69, 9.17) is 16.3 Å². The Hall–Kier alpha value is -1.58. The average Bonchev–Trinajstić information content (AvgIpc) is 2.68. The summed E-state index contributed by atoms with van der Waals surface area (Å²) in [5.74, 6) is 0. The molecule has 1 aromatic carbocycles. The van der Waals surface area contributed by atoms with Crippen LogP contribution in [0.4, 0.5) is 0 Å². The van der Waals surface area contributed by atoms with Gasteiger partial charge in [-0.25, -0.2) is 0 Å². The van der Waals surface area contributed by atoms with Crippen LogP contribution in [0, 0.1) is 0 Å². The lowest BCUT2D eigenvalue weighted by atomic mass is 10.2. The highest BCUT2D eigenvalue weighted by atomic mass is 35.5. The molecule has 0 radical (unpaired) electrons. The molecule has 0 saturated carbocycles. The second kappa shape index (κ2) is 5.85. The molecule has 0 atom stereocenters. The number of allylic oxidation sites excluding steroid dienone is 1. The number of nitrogens with zero attached hydrogens (tertiary/aromatic N) is 1. The minimum absolute atomic E-state index is 0.425. The topological polar surface area (TPSA) is 31.2 Å². The van der Waals surface area contributed by atoms with Crippen LogP contribution in [-0.4, -0.2) is 17.5 Å². The standard InChI is InChI=1S/C14H14ClNO2/c1-16-12(10-18-8-3-2-7-17)9-11-5-4-6-13(15)14(11)16/h2-7,9H,8,10H2,1H3/b3-2+. The fraction of sp³-hybridized carbons (Fsp3) is 0.214. The Bertz CT molecular complexity index is 587. The zero-order valence-electron chi connectivity index (χ0n) is 10.1. The van der Waals surface area contributed by atoms with E-state index in [-0.39, 0.29) is 0 Å². The molecule has 0 bridgehead atoms. The molecule has 94 valence electrons. The Labute approximate surface area is 111 Å². The van der Waals surface area contributed by atoms with Crippen molar-refractivity contribution in [1.29, 1.82) is 0 Å². The number of benzene rings is 1. The van der Waals surface area contributed by atoms with Crippen molar-refractivity contribution in [1.82, 2.24) is 4.57 Å². The molecule has 0 fully saturated rings. The van der Waals surface area contributed by atoms with Gasteiger partial charge in [-0.3, -0.25) is 4.79 Å². The number of hydrogen-bond donors (Lipinski definition) is 0. The highest BCUT2D eigenvalue weighted by molar-refractivity contribution is 6.35. The molecule has 0 aliphatic rings. The monoisotopic (exact) mass is 263 g/mol. The van der Waals surface area contributed by atoms with Crippen LogP contribution >= 0.6 is 11.6 Å². The summed E-state index contributed by atoms with van der Waals surface area (Å²) >= 11 is 6.17. The zero-order valence-corrected chi connectivity index (χ0v) is 10.9. The van der Waals surface area contributed by atoms with Gasteiger partial charge in [0.05, 0.1) is 23.8 Å². The molecule has 18 heavy (non-hydrogen) atoms. The van der Waals surface area contributed by atoms with Crippen LogP contribution < -0.4 is 0 Å². The van der Waals surface area contributed by atoms with Crippen LogP contribution in [0.5, 0.6) is 0 Å². The third-order valence-electron chi connectivity index (χ3n) is 2.79. The van der Waals surface area contributed by atoms with E-state index in [0.717, 1.165) is 27.9 Å². The van der Waals surface area contributed by atoms with Gasteiger partial charge in [-0.15, -0.1) is 0 Å². The number of aldehydes is 1. The van der Waals surface area contributed by atoms with E-state index in [1.54, 1.807) is 6.08 Å². The number of aromatic nitrogens is 1. The number of fused-ring (bicyclic) bond motifs is 1. The van der Waals surface area contributed by atoms with Crippen molar-refractivity contribution in [2.45, 2.75) is 6.61 Å². The van der Waals surface area contributed by atoms with Gasteiger partial charge < -0.3 is 9.30 Å². The summed E-state index contributed by atoms with van der Waals surface area (Å²) in [6, 6.07) is 7.89. The predicted octanol–water partition coefficient (Wildman–Crippen LogP) is 3.10. The summed E-state index contributed by atoms with van der Waals surface area (Å²) in [4.78, 5) is 10.1. The van der Waals surface area contributed by atoms with Crippen molar-refractivity contribution in [3.05, 3.63) is 47.1 Å². The van der Waals surface area contributed by atoms with Gasteiger partial charge in [-0.1, -0.05) is 29.8 Å². The maximum Gasteiger partial charge on any atom is 0.142 e. The van der Waals surface area contributed by atoms with E-state index < -0.39 is 0 Å². The predicted molar refractivity (Wildman–Crippen MR) is 72.8 cm³/mol. The first-order valence-corrected chi connectivity index (χ1v) is 6.02. The lowest BCUT2D eigenvalue weighted by Gasteiger charge is -2.05. The Balaban J connectivity index is 2.14. The summed E-state index contributed by atoms with van der Waals surface area (Å²) in [5.41, 5.74) is 2.07. The number of para-hydroxylation sites is 1. The first kappa shape index (κ1) is 12.9. The maximum absolute atomic E-state index is 10.1. The van der Waals surface area contributed by atoms with Crippen LogP contribution in [0.3, 0.4) is 0 Å². The molecule has 4 heteroatoms. The summed E-state index contributed by atoms with van der Waals surface area (Å²) < 4.78 is 7.49. The third-order valence-corrected chi connectivity index (χ3v) is 3.09. The molecule has 0 saturated heterocycles. The van der Waals surface area contributed by atoms with Crippen molar-refractivity contribution in [3.8, 4) is 0 Å². The maximum atomic E-state index is 10.1. The second-order valence-electron chi connectivity index (χ2n) is 3.95. The normalized spacial score (nSPS) is 11.4. The lowest BCUT2D eigenvalue weighted by Crippen LogP contribution is -1.99. The first-order chi connectivity index (χ1) is 8.74. The van der Waals surface area contributed by atoms with E-state index in [2.05, 4.69) is 6.07 Å². The van der Waals surface area contributed by atoms with Crippen molar-refractivity contribution < 1.29 is 9.53 Å². The van der Waals surface area contributed by atoms with E-state index in [1.807, 2.05) is 29.8 Å². The molecule has 0 unspecified atom stereocenters. The van der Waals surface area contributed by atoms with E-state index >= 15 is 0 Å². The second-order valence-corrected chi connectivity index (χ2v) is 4.36. The van der Waals surface area contributed by atoms with E-state index in [1.165, 1.54) is 6.08 Å². The number of ether oxygens (including phenoxy) is 1. The van der Waals surface area contributed by atoms with Gasteiger partial charge in [0.2, 0.25) is 0 Å². The third kappa shape index (κ3) is 2.63. The molecule has 3 nitrogen and oxygen atoms in total. The Kier molecular flexibility index (Phi) is 4.18. The SMILES string of the molecule is Cn1c(COC/C=C/C=O)cc2cccc(Cl)c21. The van der Waals surface area contributed by atoms with Gasteiger partial charge in [0.15, 0.2) is 0 Å². The molecule has 1 aromatic heterocycles. The molecular weight excluding hydrogens is 250 g/mol. The Morgan fingerprint density at radius 1 is 1.44 bits per heavy atom. The van der Waals surface area contributed by atoms with Gasteiger partial charge in [0.1, 0.15) is 6.29 Å². The number of carbonyl (C=O) groups is 1. The molecule has 0 N–H and O–H groups in total. The minimum Gasteiger partial charge on any atom is -0.371 e. The van der Waals surface area contributed by atoms with Crippen molar-refractivity contribution in [2.75, 3.05) is 6.61 Å². The van der Waals surface area contributed by atoms with Crippen LogP contribution in [0.2, 0.25) is 5.02 Å². The van der Waals surface area contributed by atoms with Crippen LogP contribution in [0.25, 0.3) is 10.9 Å². The van der Waals surface area contributed by atoms with Crippen LogP contribution in [-0.2, 0) is 23.2 Å². The minimum atomic E-state index is 0.425. The number of hydrogen-bond acceptors (Lipinski definition) is 2. The summed E-state index contributed by atoms with van der Waals surface area (Å²) in [6.07, 6.45) is 3.85. The highest BCUT2D eigenvalue weighted by Crippen LogP contribution is 2.26. The van der Waals surface area contributed by atoms with Crippen molar-refractivity contribution in [2.24, 2.45) is 7.05 Å². The molecular formula is C14H14ClNO2. The molecule has 0 amide bonds. The van der Waals surface area contributed by atoms with Crippen molar-refractivity contribution in [3.63, 3.8) is 0 Å². The fourth-order valence-electron chi connectivity index (χ4n) is 1.90. The average molecular weight is 264 g/mol. The molecule has 2 aromatic rings. The number of carbonyl (C=O) groups excluding carboxylic acids is 1. The fourth-order valence-corrected chi connectivity index (χ4v) is 2.21. The summed E-state index contributed by atoms with van der Waals surface area (Å²) in [6.45, 7) is 0.915. The first-order valence-electron chi connectivity index (χ1n) is 5.65. The van der Waals surface area contributed by atoms with Gasteiger partial charge in [-0.05, 0) is 18.2 Å². The quantitative estimate of drug-likeness (QED) is 0.472. The van der Waals surface area contributed by atoms with E-state index in [9.17, 15) is 4.79 Å². The van der Waals surface area contributed by atoms with E-state index in [0.29, 0.717) is 13.2 Å². The van der Waals surface area contributed by atoms with Gasteiger partial charge in [0.25, 0.3) is 0 Å². The summed E-state index contributed by atoms with van der Waals surface area (Å²) in [7, 11) is 1.97. The van der Waals surface area contributed by atoms with Gasteiger partial charge in [-0.2, -0.15) is 0 Å². The lowest BCUT2D eigenvalue weighted by molar-refractivity contribution is -0.104. The zero-order chi connectivity index (χ0) is 13.0. The van der Waals surface area contributed by atoms with Gasteiger partial charge in [0, 0.05) is 18.1 Å². The number of rotatable bonds is 5. The number of halogens is 1. The smallest absolute Gasteiger partial charge is 0.142 e. The van der Waals surface area contributed by atoms with Gasteiger partial charge >= 0.3 is 0 Å². The molecule has 0 aliphatic carbocycles. The highest BCUT2D eigenvalue weighted by Gasteiger charge is 2.08.